The number of anilines is 1. The largest absolute Gasteiger partial charge is 0.394 e. The molecular formula is C16H11BrFN5O. The van der Waals surface area contributed by atoms with Crippen LogP contribution in [0.5, 0.6) is 0 Å². The molecule has 4 N–H and O–H groups in total. The Labute approximate surface area is 143 Å². The van der Waals surface area contributed by atoms with Gasteiger partial charge in [0.1, 0.15) is 17.0 Å². The Kier molecular flexibility index (Phi) is 3.17. The van der Waals surface area contributed by atoms with Gasteiger partial charge in [0.2, 0.25) is 0 Å². The molecule has 0 radical (unpaired) electrons. The van der Waals surface area contributed by atoms with Gasteiger partial charge in [0.25, 0.3) is 5.56 Å². The van der Waals surface area contributed by atoms with E-state index < -0.39 is 11.4 Å². The highest BCUT2D eigenvalue weighted by Crippen LogP contribution is 2.36. The van der Waals surface area contributed by atoms with Crippen molar-refractivity contribution in [2.24, 2.45) is 0 Å². The second kappa shape index (κ2) is 5.13. The summed E-state index contributed by atoms with van der Waals surface area (Å²) < 4.78 is 14.7. The number of hydrogen-bond donors (Lipinski definition) is 3. The minimum atomic E-state index is -0.425. The first kappa shape index (κ1) is 14.8. The molecule has 0 aliphatic heterocycles. The first-order valence-electron chi connectivity index (χ1n) is 7.07. The maximum Gasteiger partial charge on any atom is 0.272 e. The second-order valence-corrected chi connectivity index (χ2v) is 6.31. The number of benzene rings is 1. The molecule has 3 aromatic heterocycles. The highest BCUT2D eigenvalue weighted by molar-refractivity contribution is 9.10. The van der Waals surface area contributed by atoms with Gasteiger partial charge in [-0.1, -0.05) is 6.07 Å². The van der Waals surface area contributed by atoms with Crippen molar-refractivity contribution in [1.82, 2.24) is 20.2 Å². The summed E-state index contributed by atoms with van der Waals surface area (Å²) in [6, 6.07) is 2.89. The molecule has 24 heavy (non-hydrogen) atoms. The number of rotatable bonds is 1. The van der Waals surface area contributed by atoms with Gasteiger partial charge >= 0.3 is 0 Å². The molecule has 0 unspecified atom stereocenters. The van der Waals surface area contributed by atoms with Crippen LogP contribution in [-0.2, 0) is 0 Å². The van der Waals surface area contributed by atoms with Crippen molar-refractivity contribution >= 4 is 43.6 Å². The fraction of sp³-hybridized carbons (Fsp3) is 0.0625. The van der Waals surface area contributed by atoms with Gasteiger partial charge in [0, 0.05) is 21.6 Å². The average molecular weight is 388 g/mol. The van der Waals surface area contributed by atoms with Crippen molar-refractivity contribution in [3.63, 3.8) is 0 Å². The van der Waals surface area contributed by atoms with Crippen molar-refractivity contribution in [3.8, 4) is 11.1 Å². The number of fused-ring (bicyclic) bond motifs is 2. The summed E-state index contributed by atoms with van der Waals surface area (Å²) in [5.41, 5.74) is 8.95. The molecule has 8 heteroatoms. The van der Waals surface area contributed by atoms with E-state index in [0.29, 0.717) is 27.5 Å². The van der Waals surface area contributed by atoms with Gasteiger partial charge in [0.05, 0.1) is 17.2 Å². The van der Waals surface area contributed by atoms with Crippen LogP contribution in [0.1, 0.15) is 5.56 Å². The fourth-order valence-electron chi connectivity index (χ4n) is 2.84. The third kappa shape index (κ3) is 1.96. The number of aromatic nitrogens is 4. The molecular weight excluding hydrogens is 377 g/mol. The number of aryl methyl sites for hydroxylation is 1. The number of hydrogen-bond acceptors (Lipinski definition) is 4. The molecule has 0 saturated heterocycles. The van der Waals surface area contributed by atoms with E-state index in [4.69, 9.17) is 5.73 Å². The third-order valence-electron chi connectivity index (χ3n) is 4.10. The Balaban J connectivity index is 2.22. The lowest BCUT2D eigenvalue weighted by molar-refractivity contribution is 0.636. The van der Waals surface area contributed by atoms with E-state index in [0.717, 1.165) is 10.0 Å². The van der Waals surface area contributed by atoms with E-state index in [-0.39, 0.29) is 11.2 Å². The molecule has 4 aromatic rings. The Bertz CT molecular complexity index is 1180. The van der Waals surface area contributed by atoms with Crippen LogP contribution in [0, 0.1) is 12.7 Å². The van der Waals surface area contributed by atoms with Crippen LogP contribution in [0.15, 0.2) is 33.8 Å². The fourth-order valence-corrected chi connectivity index (χ4v) is 3.14. The molecule has 0 bridgehead atoms. The maximum atomic E-state index is 13.9. The normalized spacial score (nSPS) is 11.5. The molecule has 120 valence electrons. The van der Waals surface area contributed by atoms with E-state index in [2.05, 4.69) is 36.1 Å². The smallest absolute Gasteiger partial charge is 0.272 e. The van der Waals surface area contributed by atoms with E-state index >= 15 is 0 Å². The molecule has 0 aliphatic rings. The average Bonchev–Trinajstić information content (AvgIpc) is 3.05. The second-order valence-electron chi connectivity index (χ2n) is 5.45. The first-order valence-corrected chi connectivity index (χ1v) is 7.87. The van der Waals surface area contributed by atoms with Gasteiger partial charge in [-0.2, -0.15) is 5.10 Å². The molecule has 3 heterocycles. The van der Waals surface area contributed by atoms with Crippen molar-refractivity contribution < 1.29 is 4.39 Å². The summed E-state index contributed by atoms with van der Waals surface area (Å²) in [7, 11) is 0. The molecule has 0 fully saturated rings. The van der Waals surface area contributed by atoms with Crippen LogP contribution >= 0.6 is 15.9 Å². The van der Waals surface area contributed by atoms with E-state index in [1.54, 1.807) is 12.3 Å². The number of aromatic amines is 2. The Morgan fingerprint density at radius 3 is 2.83 bits per heavy atom. The number of pyridine rings is 2. The minimum absolute atomic E-state index is 0.0332. The molecule has 6 nitrogen and oxygen atoms in total. The standard InChI is InChI=1S/C16H11BrFN5O/c1-6-9(17)5-20-15-11(12(19)16(24)22-13(6)15)7-2-3-10(18)14-8(7)4-21-23-14/h2-5H,19H2,1H3,(H,21,23)(H,22,24). The van der Waals surface area contributed by atoms with Crippen LogP contribution < -0.4 is 11.3 Å². The third-order valence-corrected chi connectivity index (χ3v) is 4.90. The maximum absolute atomic E-state index is 13.9. The lowest BCUT2D eigenvalue weighted by atomic mass is 9.98. The van der Waals surface area contributed by atoms with Crippen molar-refractivity contribution in [3.05, 3.63) is 50.7 Å². The van der Waals surface area contributed by atoms with Gasteiger partial charge < -0.3 is 10.7 Å². The summed E-state index contributed by atoms with van der Waals surface area (Å²) in [4.78, 5) is 19.5. The lowest BCUT2D eigenvalue weighted by Gasteiger charge is -2.12. The number of halogens is 2. The van der Waals surface area contributed by atoms with Crippen molar-refractivity contribution in [1.29, 1.82) is 0 Å². The number of nitrogens with two attached hydrogens (primary N) is 1. The van der Waals surface area contributed by atoms with E-state index in [9.17, 15) is 9.18 Å². The predicted octanol–water partition coefficient (Wildman–Crippen LogP) is 3.26. The molecule has 0 atom stereocenters. The monoisotopic (exact) mass is 387 g/mol. The van der Waals surface area contributed by atoms with E-state index in [1.807, 2.05) is 6.92 Å². The van der Waals surface area contributed by atoms with E-state index in [1.165, 1.54) is 12.3 Å². The molecule has 0 spiro atoms. The molecule has 0 saturated carbocycles. The molecule has 1 aromatic carbocycles. The zero-order chi connectivity index (χ0) is 17.0. The molecule has 0 amide bonds. The number of H-pyrrole nitrogens is 2. The topological polar surface area (TPSA) is 100 Å². The van der Waals surface area contributed by atoms with Crippen molar-refractivity contribution in [2.45, 2.75) is 6.92 Å². The Hall–Kier alpha value is -2.74. The predicted molar refractivity (Wildman–Crippen MR) is 94.3 cm³/mol. The van der Waals surface area contributed by atoms with Crippen LogP contribution in [-0.4, -0.2) is 20.2 Å². The molecule has 0 aliphatic carbocycles. The van der Waals surface area contributed by atoms with Gasteiger partial charge in [-0.25, -0.2) is 4.39 Å². The van der Waals surface area contributed by atoms with Crippen LogP contribution in [0.25, 0.3) is 33.1 Å². The highest BCUT2D eigenvalue weighted by Gasteiger charge is 2.19. The van der Waals surface area contributed by atoms with Gasteiger partial charge in [-0.05, 0) is 40.0 Å². The minimum Gasteiger partial charge on any atom is -0.394 e. The van der Waals surface area contributed by atoms with Crippen LogP contribution in [0.3, 0.4) is 0 Å². The van der Waals surface area contributed by atoms with Gasteiger partial charge in [-0.15, -0.1) is 0 Å². The van der Waals surface area contributed by atoms with Crippen molar-refractivity contribution in [2.75, 3.05) is 5.73 Å². The number of nitrogen functional groups attached to an aromatic ring is 1. The zero-order valence-corrected chi connectivity index (χ0v) is 14.0. The van der Waals surface area contributed by atoms with Gasteiger partial charge in [0.15, 0.2) is 0 Å². The van der Waals surface area contributed by atoms with Crippen LogP contribution in [0.4, 0.5) is 10.1 Å². The first-order chi connectivity index (χ1) is 11.5. The summed E-state index contributed by atoms with van der Waals surface area (Å²) in [6.45, 7) is 1.86. The number of nitrogens with zero attached hydrogens (tertiary/aromatic N) is 2. The SMILES string of the molecule is Cc1c(Br)cnc2c(-c3ccc(F)c4[nH]ncc34)c(N)c(=O)[nH]c12. The summed E-state index contributed by atoms with van der Waals surface area (Å²) >= 11 is 3.40. The zero-order valence-electron chi connectivity index (χ0n) is 12.4. The highest BCUT2D eigenvalue weighted by atomic mass is 79.9. The Morgan fingerprint density at radius 2 is 2.04 bits per heavy atom. The number of nitrogens with one attached hydrogen (secondary N) is 2. The van der Waals surface area contributed by atoms with Crippen LogP contribution in [0.2, 0.25) is 0 Å². The summed E-state index contributed by atoms with van der Waals surface area (Å²) in [6.07, 6.45) is 3.15. The quantitative estimate of drug-likeness (QED) is 0.466. The Morgan fingerprint density at radius 1 is 1.25 bits per heavy atom. The molecule has 4 rings (SSSR count). The summed E-state index contributed by atoms with van der Waals surface area (Å²) in [5, 5.41) is 7.05. The lowest BCUT2D eigenvalue weighted by Crippen LogP contribution is -2.14. The summed E-state index contributed by atoms with van der Waals surface area (Å²) in [5.74, 6) is -0.425. The van der Waals surface area contributed by atoms with Gasteiger partial charge in [-0.3, -0.25) is 14.9 Å².